The van der Waals surface area contributed by atoms with Crippen molar-refractivity contribution in [3.8, 4) is 11.4 Å². The molecule has 4 rings (SSSR count). The van der Waals surface area contributed by atoms with Gasteiger partial charge in [0.25, 0.3) is 5.91 Å². The van der Waals surface area contributed by atoms with Crippen molar-refractivity contribution in [3.05, 3.63) is 77.6 Å². The Labute approximate surface area is 165 Å². The summed E-state index contributed by atoms with van der Waals surface area (Å²) < 4.78 is 7.94. The first-order valence-corrected chi connectivity index (χ1v) is 9.85. The highest BCUT2D eigenvalue weighted by Crippen LogP contribution is 2.26. The lowest BCUT2D eigenvalue weighted by atomic mass is 10.2. The Morgan fingerprint density at radius 2 is 1.82 bits per heavy atom. The molecule has 0 atom stereocenters. The van der Waals surface area contributed by atoms with E-state index in [2.05, 4.69) is 10.4 Å². The number of nitrogens with zero attached hydrogens (tertiary/aromatic N) is 2. The highest BCUT2D eigenvalue weighted by atomic mass is 16.5. The molecule has 1 aliphatic carbocycles. The number of para-hydroxylation sites is 2. The Kier molecular flexibility index (Phi) is 5.42. The minimum atomic E-state index is -0.187. The van der Waals surface area contributed by atoms with Gasteiger partial charge in [0.05, 0.1) is 11.8 Å². The Bertz CT molecular complexity index is 943. The van der Waals surface area contributed by atoms with E-state index in [0.29, 0.717) is 18.3 Å². The number of aryl methyl sites for hydroxylation is 1. The standard InChI is InChI=1S/C23H25N3O2/c1-17-15-21(25-26(17)19-10-3-2-4-11-19)23(27)24-16-18-9-5-8-14-22(18)28-20-12-6-7-13-20/h2-5,8-11,14-15,20H,6-7,12-13,16H2,1H3,(H,24,27). The molecule has 2 aromatic carbocycles. The Morgan fingerprint density at radius 1 is 1.11 bits per heavy atom. The monoisotopic (exact) mass is 375 g/mol. The van der Waals surface area contributed by atoms with Crippen molar-refractivity contribution in [2.45, 2.75) is 45.3 Å². The van der Waals surface area contributed by atoms with Crippen LogP contribution in [0.5, 0.6) is 5.75 Å². The SMILES string of the molecule is Cc1cc(C(=O)NCc2ccccc2OC2CCCC2)nn1-c1ccccc1. The Balaban J connectivity index is 1.44. The van der Waals surface area contributed by atoms with E-state index in [4.69, 9.17) is 4.74 Å². The van der Waals surface area contributed by atoms with Crippen LogP contribution < -0.4 is 10.1 Å². The molecule has 1 saturated carbocycles. The van der Waals surface area contributed by atoms with Gasteiger partial charge in [0.2, 0.25) is 0 Å². The zero-order valence-electron chi connectivity index (χ0n) is 16.1. The van der Waals surface area contributed by atoms with E-state index in [0.717, 1.165) is 35.5 Å². The quantitative estimate of drug-likeness (QED) is 0.693. The summed E-state index contributed by atoms with van der Waals surface area (Å²) in [4.78, 5) is 12.6. The fraction of sp³-hybridized carbons (Fsp3) is 0.304. The minimum Gasteiger partial charge on any atom is -0.490 e. The molecule has 1 heterocycles. The highest BCUT2D eigenvalue weighted by molar-refractivity contribution is 5.92. The molecule has 28 heavy (non-hydrogen) atoms. The van der Waals surface area contributed by atoms with Gasteiger partial charge in [0.15, 0.2) is 5.69 Å². The van der Waals surface area contributed by atoms with Gasteiger partial charge < -0.3 is 10.1 Å². The number of nitrogens with one attached hydrogen (secondary N) is 1. The van der Waals surface area contributed by atoms with Gasteiger partial charge in [0, 0.05) is 17.8 Å². The van der Waals surface area contributed by atoms with Crippen LogP contribution in [0.1, 0.15) is 47.4 Å². The van der Waals surface area contributed by atoms with Crippen LogP contribution in [0.2, 0.25) is 0 Å². The van der Waals surface area contributed by atoms with Crippen molar-refractivity contribution in [2.75, 3.05) is 0 Å². The fourth-order valence-corrected chi connectivity index (χ4v) is 3.63. The molecule has 0 radical (unpaired) electrons. The van der Waals surface area contributed by atoms with Crippen molar-refractivity contribution in [1.29, 1.82) is 0 Å². The number of rotatable bonds is 6. The molecule has 1 aromatic heterocycles. The number of ether oxygens (including phenoxy) is 1. The van der Waals surface area contributed by atoms with E-state index in [1.165, 1.54) is 12.8 Å². The normalized spacial score (nSPS) is 14.2. The number of amides is 1. The van der Waals surface area contributed by atoms with Gasteiger partial charge in [-0.05, 0) is 56.9 Å². The molecule has 3 aromatic rings. The molecule has 0 unspecified atom stereocenters. The maximum atomic E-state index is 12.6. The van der Waals surface area contributed by atoms with Crippen LogP contribution in [0, 0.1) is 6.92 Å². The van der Waals surface area contributed by atoms with E-state index < -0.39 is 0 Å². The third-order valence-electron chi connectivity index (χ3n) is 5.13. The molecular weight excluding hydrogens is 350 g/mol. The number of benzene rings is 2. The molecular formula is C23H25N3O2. The molecule has 0 bridgehead atoms. The van der Waals surface area contributed by atoms with Crippen molar-refractivity contribution in [3.63, 3.8) is 0 Å². The Hall–Kier alpha value is -3.08. The van der Waals surface area contributed by atoms with Gasteiger partial charge in [-0.25, -0.2) is 4.68 Å². The number of carbonyl (C=O) groups excluding carboxylic acids is 1. The van der Waals surface area contributed by atoms with Crippen molar-refractivity contribution in [1.82, 2.24) is 15.1 Å². The molecule has 1 aliphatic rings. The highest BCUT2D eigenvalue weighted by Gasteiger charge is 2.18. The van der Waals surface area contributed by atoms with E-state index >= 15 is 0 Å². The number of carbonyl (C=O) groups is 1. The second-order valence-corrected chi connectivity index (χ2v) is 7.23. The third-order valence-corrected chi connectivity index (χ3v) is 5.13. The van der Waals surface area contributed by atoms with Crippen LogP contribution in [-0.2, 0) is 6.54 Å². The van der Waals surface area contributed by atoms with Gasteiger partial charge in [-0.1, -0.05) is 36.4 Å². The van der Waals surface area contributed by atoms with E-state index in [9.17, 15) is 4.79 Å². The minimum absolute atomic E-state index is 0.187. The average molecular weight is 375 g/mol. The summed E-state index contributed by atoms with van der Waals surface area (Å²) in [6.07, 6.45) is 4.97. The first kappa shape index (κ1) is 18.3. The number of aromatic nitrogens is 2. The summed E-state index contributed by atoms with van der Waals surface area (Å²) in [6, 6.07) is 19.5. The van der Waals surface area contributed by atoms with Gasteiger partial charge in [-0.3, -0.25) is 4.79 Å². The van der Waals surface area contributed by atoms with Gasteiger partial charge in [0.1, 0.15) is 5.75 Å². The summed E-state index contributed by atoms with van der Waals surface area (Å²) in [5, 5.41) is 7.45. The molecule has 5 heteroatoms. The molecule has 1 amide bonds. The third kappa shape index (κ3) is 4.09. The van der Waals surface area contributed by atoms with Gasteiger partial charge in [-0.15, -0.1) is 0 Å². The van der Waals surface area contributed by atoms with Crippen molar-refractivity contribution >= 4 is 5.91 Å². The largest absolute Gasteiger partial charge is 0.490 e. The summed E-state index contributed by atoms with van der Waals surface area (Å²) in [6.45, 7) is 2.36. The second kappa shape index (κ2) is 8.30. The lowest BCUT2D eigenvalue weighted by molar-refractivity contribution is 0.0945. The zero-order valence-corrected chi connectivity index (χ0v) is 16.1. The summed E-state index contributed by atoms with van der Waals surface area (Å²) in [5.41, 5.74) is 3.26. The molecule has 5 nitrogen and oxygen atoms in total. The topological polar surface area (TPSA) is 56.1 Å². The molecule has 0 saturated heterocycles. The summed E-state index contributed by atoms with van der Waals surface area (Å²) >= 11 is 0. The average Bonchev–Trinajstić information content (AvgIpc) is 3.37. The maximum absolute atomic E-state index is 12.6. The van der Waals surface area contributed by atoms with Crippen LogP contribution in [0.4, 0.5) is 0 Å². The molecule has 1 N–H and O–H groups in total. The summed E-state index contributed by atoms with van der Waals surface area (Å²) in [7, 11) is 0. The molecule has 1 fully saturated rings. The van der Waals surface area contributed by atoms with E-state index in [-0.39, 0.29) is 5.91 Å². The predicted molar refractivity (Wildman–Crippen MR) is 109 cm³/mol. The molecule has 0 aliphatic heterocycles. The smallest absolute Gasteiger partial charge is 0.272 e. The first-order valence-electron chi connectivity index (χ1n) is 9.85. The zero-order chi connectivity index (χ0) is 19.3. The first-order chi connectivity index (χ1) is 13.7. The van der Waals surface area contributed by atoms with Crippen LogP contribution in [0.3, 0.4) is 0 Å². The van der Waals surface area contributed by atoms with Gasteiger partial charge in [-0.2, -0.15) is 5.10 Å². The van der Waals surface area contributed by atoms with E-state index in [1.807, 2.05) is 67.6 Å². The Morgan fingerprint density at radius 3 is 2.61 bits per heavy atom. The number of hydrogen-bond donors (Lipinski definition) is 1. The van der Waals surface area contributed by atoms with Crippen molar-refractivity contribution in [2.24, 2.45) is 0 Å². The number of hydrogen-bond acceptors (Lipinski definition) is 3. The lowest BCUT2D eigenvalue weighted by Gasteiger charge is -2.16. The molecule has 144 valence electrons. The molecule has 0 spiro atoms. The van der Waals surface area contributed by atoms with Crippen LogP contribution in [0.15, 0.2) is 60.7 Å². The van der Waals surface area contributed by atoms with Gasteiger partial charge >= 0.3 is 0 Å². The summed E-state index contributed by atoms with van der Waals surface area (Å²) in [5.74, 6) is 0.675. The fourth-order valence-electron chi connectivity index (χ4n) is 3.63. The maximum Gasteiger partial charge on any atom is 0.272 e. The van der Waals surface area contributed by atoms with E-state index in [1.54, 1.807) is 4.68 Å². The van der Waals surface area contributed by atoms with Crippen LogP contribution in [0.25, 0.3) is 5.69 Å². The van der Waals surface area contributed by atoms with Crippen LogP contribution in [-0.4, -0.2) is 21.8 Å². The lowest BCUT2D eigenvalue weighted by Crippen LogP contribution is -2.24. The van der Waals surface area contributed by atoms with Crippen molar-refractivity contribution < 1.29 is 9.53 Å². The van der Waals surface area contributed by atoms with Crippen LogP contribution >= 0.6 is 0 Å². The predicted octanol–water partition coefficient (Wildman–Crippen LogP) is 4.43. The second-order valence-electron chi connectivity index (χ2n) is 7.23.